The molecule has 1 aliphatic heterocycles. The van der Waals surface area contributed by atoms with Gasteiger partial charge in [-0.1, -0.05) is 54.6 Å². The lowest BCUT2D eigenvalue weighted by molar-refractivity contribution is 0.173. The summed E-state index contributed by atoms with van der Waals surface area (Å²) in [6.07, 6.45) is 2.48. The maximum Gasteiger partial charge on any atom is 0.122 e. The molecule has 0 saturated carbocycles. The number of nitrogens with one attached hydrogen (secondary N) is 1. The van der Waals surface area contributed by atoms with Crippen molar-refractivity contribution in [1.29, 1.82) is 0 Å². The van der Waals surface area contributed by atoms with Crippen LogP contribution in [0, 0.1) is 13.8 Å². The fraction of sp³-hybridized carbons (Fsp3) is 0.438. The van der Waals surface area contributed by atoms with E-state index >= 15 is 0 Å². The van der Waals surface area contributed by atoms with Gasteiger partial charge in [0.1, 0.15) is 11.5 Å². The monoisotopic (exact) mass is 518 g/mol. The number of likely N-dealkylation sites (tertiary alicyclic amines) is 1. The van der Waals surface area contributed by atoms with Crippen molar-refractivity contribution in [1.82, 2.24) is 10.2 Å². The minimum atomic E-state index is -0.173. The smallest absolute Gasteiger partial charge is 0.122 e. The van der Waals surface area contributed by atoms with E-state index in [1.807, 2.05) is 48.5 Å². The average molecular weight is 519 g/mol. The molecule has 0 aliphatic carbocycles. The SMILES string of the molecule is Cc1c(OCCCN[C@H](CO)c2ccccc2)cccc1-c1cccc(OCCCN2CCC(O)C2)c1C. The van der Waals surface area contributed by atoms with E-state index in [2.05, 4.69) is 42.3 Å². The van der Waals surface area contributed by atoms with E-state index in [0.717, 1.165) is 84.8 Å². The predicted octanol–water partition coefficient (Wildman–Crippen LogP) is 4.90. The fourth-order valence-corrected chi connectivity index (χ4v) is 5.11. The van der Waals surface area contributed by atoms with Crippen LogP contribution in [0.5, 0.6) is 11.5 Å². The third-order valence-electron chi connectivity index (χ3n) is 7.34. The summed E-state index contributed by atoms with van der Waals surface area (Å²) in [6.45, 7) is 9.01. The molecule has 1 unspecified atom stereocenters. The summed E-state index contributed by atoms with van der Waals surface area (Å²) in [5, 5.41) is 22.8. The number of aliphatic hydroxyl groups is 2. The summed E-state index contributed by atoms with van der Waals surface area (Å²) in [4.78, 5) is 2.30. The van der Waals surface area contributed by atoms with Crippen LogP contribution in [0.3, 0.4) is 0 Å². The predicted molar refractivity (Wildman–Crippen MR) is 153 cm³/mol. The number of benzene rings is 3. The lowest BCUT2D eigenvalue weighted by Gasteiger charge is -2.18. The summed E-state index contributed by atoms with van der Waals surface area (Å²) in [6, 6.07) is 22.4. The number of ether oxygens (including phenoxy) is 2. The molecule has 2 atom stereocenters. The van der Waals surface area contributed by atoms with Gasteiger partial charge in [-0.3, -0.25) is 0 Å². The third-order valence-corrected chi connectivity index (χ3v) is 7.34. The second-order valence-electron chi connectivity index (χ2n) is 10.1. The first kappa shape index (κ1) is 28.1. The van der Waals surface area contributed by atoms with Gasteiger partial charge in [-0.25, -0.2) is 0 Å². The Kier molecular flexibility index (Phi) is 10.6. The topological polar surface area (TPSA) is 74.2 Å². The van der Waals surface area contributed by atoms with Crippen LogP contribution in [0.4, 0.5) is 0 Å². The molecular weight excluding hydrogens is 476 g/mol. The number of hydrogen-bond acceptors (Lipinski definition) is 6. The van der Waals surface area contributed by atoms with Crippen molar-refractivity contribution in [2.75, 3.05) is 46.0 Å². The molecule has 0 spiro atoms. The molecule has 3 N–H and O–H groups in total. The Balaban J connectivity index is 1.29. The molecule has 1 heterocycles. The quantitative estimate of drug-likeness (QED) is 0.264. The molecule has 4 rings (SSSR count). The van der Waals surface area contributed by atoms with Gasteiger partial charge in [-0.15, -0.1) is 0 Å². The van der Waals surface area contributed by atoms with Gasteiger partial charge < -0.3 is 29.9 Å². The molecule has 1 fully saturated rings. The zero-order valence-electron chi connectivity index (χ0n) is 22.7. The average Bonchev–Trinajstić information content (AvgIpc) is 3.36. The van der Waals surface area contributed by atoms with E-state index in [-0.39, 0.29) is 18.8 Å². The van der Waals surface area contributed by atoms with Crippen molar-refractivity contribution < 1.29 is 19.7 Å². The molecule has 204 valence electrons. The maximum atomic E-state index is 9.73. The van der Waals surface area contributed by atoms with Crippen molar-refractivity contribution in [2.24, 2.45) is 0 Å². The first-order valence-corrected chi connectivity index (χ1v) is 13.8. The van der Waals surface area contributed by atoms with Gasteiger partial charge in [0.15, 0.2) is 0 Å². The van der Waals surface area contributed by atoms with Gasteiger partial charge in [-0.05, 0) is 79.6 Å². The van der Waals surface area contributed by atoms with Crippen LogP contribution in [0.1, 0.15) is 42.0 Å². The molecule has 0 radical (unpaired) electrons. The fourth-order valence-electron chi connectivity index (χ4n) is 5.11. The summed E-state index contributed by atoms with van der Waals surface area (Å²) in [7, 11) is 0. The van der Waals surface area contributed by atoms with Crippen molar-refractivity contribution in [3.05, 3.63) is 83.4 Å². The van der Waals surface area contributed by atoms with Crippen molar-refractivity contribution in [2.45, 2.75) is 45.3 Å². The zero-order valence-corrected chi connectivity index (χ0v) is 22.7. The van der Waals surface area contributed by atoms with Crippen LogP contribution in [0.15, 0.2) is 66.7 Å². The standard InChI is InChI=1S/C32H42N2O4/c1-24-28(29-13-7-15-32(25(29)2)38-21-9-18-34-19-16-27(36)22-34)12-6-14-31(24)37-20-8-17-33-30(23-35)26-10-4-3-5-11-26/h3-7,10-15,27,30,33,35-36H,8-9,16-23H2,1-2H3/t27?,30-/m1/s1. The molecule has 3 aromatic rings. The van der Waals surface area contributed by atoms with Crippen molar-refractivity contribution >= 4 is 0 Å². The number of nitrogens with zero attached hydrogens (tertiary/aromatic N) is 1. The molecule has 1 aliphatic rings. The Labute approximate surface area is 227 Å². The van der Waals surface area contributed by atoms with Gasteiger partial charge in [0.2, 0.25) is 0 Å². The summed E-state index contributed by atoms with van der Waals surface area (Å²) in [5.41, 5.74) is 5.64. The first-order valence-electron chi connectivity index (χ1n) is 13.8. The molecular formula is C32H42N2O4. The normalized spacial score (nSPS) is 16.5. The van der Waals surface area contributed by atoms with E-state index in [1.165, 1.54) is 0 Å². The zero-order chi connectivity index (χ0) is 26.7. The van der Waals surface area contributed by atoms with E-state index in [0.29, 0.717) is 13.2 Å². The van der Waals surface area contributed by atoms with Gasteiger partial charge in [0.05, 0.1) is 32.0 Å². The number of rotatable bonds is 14. The van der Waals surface area contributed by atoms with Crippen LogP contribution < -0.4 is 14.8 Å². The Hall–Kier alpha value is -2.90. The van der Waals surface area contributed by atoms with E-state index < -0.39 is 0 Å². The van der Waals surface area contributed by atoms with Gasteiger partial charge in [0.25, 0.3) is 0 Å². The van der Waals surface area contributed by atoms with Gasteiger partial charge in [-0.2, -0.15) is 0 Å². The Morgan fingerprint density at radius 2 is 1.50 bits per heavy atom. The summed E-state index contributed by atoms with van der Waals surface area (Å²) in [5.74, 6) is 1.81. The molecule has 6 heteroatoms. The number of aliphatic hydroxyl groups excluding tert-OH is 2. The Morgan fingerprint density at radius 3 is 2.08 bits per heavy atom. The van der Waals surface area contributed by atoms with Crippen molar-refractivity contribution in [3.63, 3.8) is 0 Å². The molecule has 3 aromatic carbocycles. The second-order valence-corrected chi connectivity index (χ2v) is 10.1. The molecule has 6 nitrogen and oxygen atoms in total. The molecule has 0 bridgehead atoms. The van der Waals surface area contributed by atoms with Crippen LogP contribution in [-0.2, 0) is 0 Å². The highest BCUT2D eigenvalue weighted by molar-refractivity contribution is 5.74. The largest absolute Gasteiger partial charge is 0.493 e. The minimum Gasteiger partial charge on any atom is -0.493 e. The van der Waals surface area contributed by atoms with E-state index in [4.69, 9.17) is 9.47 Å². The second kappa shape index (κ2) is 14.3. The molecule has 1 saturated heterocycles. The van der Waals surface area contributed by atoms with E-state index in [9.17, 15) is 10.2 Å². The molecule has 38 heavy (non-hydrogen) atoms. The highest BCUT2D eigenvalue weighted by atomic mass is 16.5. The van der Waals surface area contributed by atoms with E-state index in [1.54, 1.807) is 0 Å². The Bertz CT molecular complexity index is 1140. The van der Waals surface area contributed by atoms with Gasteiger partial charge in [0, 0.05) is 19.6 Å². The summed E-state index contributed by atoms with van der Waals surface area (Å²) >= 11 is 0. The van der Waals surface area contributed by atoms with Crippen LogP contribution in [0.2, 0.25) is 0 Å². The third kappa shape index (κ3) is 7.58. The summed E-state index contributed by atoms with van der Waals surface area (Å²) < 4.78 is 12.3. The number of hydrogen-bond donors (Lipinski definition) is 3. The lowest BCUT2D eigenvalue weighted by Crippen LogP contribution is -2.26. The van der Waals surface area contributed by atoms with Crippen LogP contribution >= 0.6 is 0 Å². The number of β-amino-alcohol motifs (C(OH)–C–C–N with tert-alkyl or cyclic N) is 1. The first-order chi connectivity index (χ1) is 18.6. The van der Waals surface area contributed by atoms with Crippen LogP contribution in [-0.4, -0.2) is 67.2 Å². The highest BCUT2D eigenvalue weighted by Crippen LogP contribution is 2.35. The highest BCUT2D eigenvalue weighted by Gasteiger charge is 2.19. The molecule has 0 aromatic heterocycles. The lowest BCUT2D eigenvalue weighted by atomic mass is 9.95. The van der Waals surface area contributed by atoms with Crippen molar-refractivity contribution in [3.8, 4) is 22.6 Å². The van der Waals surface area contributed by atoms with Crippen LogP contribution in [0.25, 0.3) is 11.1 Å². The van der Waals surface area contributed by atoms with Gasteiger partial charge >= 0.3 is 0 Å². The maximum absolute atomic E-state index is 9.73. The minimum absolute atomic E-state index is 0.0631. The molecule has 0 amide bonds. The Morgan fingerprint density at radius 1 is 0.868 bits per heavy atom.